The van der Waals surface area contributed by atoms with Gasteiger partial charge in [-0.15, -0.1) is 0 Å². The Morgan fingerprint density at radius 3 is 0.920 bits per heavy atom. The fourth-order valence-corrected chi connectivity index (χ4v) is 3.71. The minimum absolute atomic E-state index is 3.89. The largest absolute Gasteiger partial charge is 0.372 e. The van der Waals surface area contributed by atoms with Crippen molar-refractivity contribution >= 4 is 0 Å². The Bertz CT molecular complexity index is 635. The van der Waals surface area contributed by atoms with E-state index in [1.165, 1.54) is 0 Å². The molecular weight excluding hydrogens is 398 g/mol. The molecule has 0 aromatic carbocycles. The summed E-state index contributed by atoms with van der Waals surface area (Å²) < 4.78 is 191. The van der Waals surface area contributed by atoms with E-state index in [0.29, 0.717) is 0 Å². The van der Waals surface area contributed by atoms with Crippen LogP contribution in [0.2, 0.25) is 0 Å². The molecule has 0 heterocycles. The van der Waals surface area contributed by atoms with Gasteiger partial charge in [0.05, 0.1) is 11.8 Å². The van der Waals surface area contributed by atoms with Gasteiger partial charge in [0.1, 0.15) is 0 Å². The number of alkyl halides is 12. The highest BCUT2D eigenvalue weighted by molar-refractivity contribution is 5.48. The van der Waals surface area contributed by atoms with Crippen molar-refractivity contribution in [1.29, 1.82) is 0 Å². The molecule has 0 aliphatic heterocycles. The van der Waals surface area contributed by atoms with Crippen LogP contribution >= 0.6 is 0 Å². The first kappa shape index (κ1) is 18.5. The summed E-state index contributed by atoms with van der Waals surface area (Å²) in [4.78, 5) is 0. The van der Waals surface area contributed by atoms with Gasteiger partial charge in [-0.25, -0.2) is 17.6 Å². The highest BCUT2D eigenvalue weighted by Gasteiger charge is 3.04. The summed E-state index contributed by atoms with van der Waals surface area (Å²) in [5, 5.41) is 0. The first-order chi connectivity index (χ1) is 10.8. The molecule has 4 aliphatic rings. The highest BCUT2D eigenvalue weighted by Crippen LogP contribution is 2.80. The lowest BCUT2D eigenvalue weighted by molar-refractivity contribution is -0.390. The Morgan fingerprint density at radius 1 is 0.440 bits per heavy atom. The van der Waals surface area contributed by atoms with Crippen LogP contribution in [-0.4, -0.2) is 41.0 Å². The van der Waals surface area contributed by atoms with Crippen molar-refractivity contribution < 1.29 is 61.5 Å². The van der Waals surface area contributed by atoms with Crippen LogP contribution in [0.25, 0.3) is 0 Å². The molecule has 4 atom stereocenters. The van der Waals surface area contributed by atoms with E-state index in [9.17, 15) is 61.5 Å². The van der Waals surface area contributed by atoms with Crippen molar-refractivity contribution in [3.05, 3.63) is 11.7 Å². The minimum Gasteiger partial charge on any atom is -0.228 e. The fraction of sp³-hybridized carbons (Fsp3) is 0.818. The van der Waals surface area contributed by atoms with E-state index in [2.05, 4.69) is 0 Å². The average Bonchev–Trinajstić information content (AvgIpc) is 2.56. The molecule has 4 rings (SSSR count). The van der Waals surface area contributed by atoms with Gasteiger partial charge in [-0.3, -0.25) is 0 Å². The van der Waals surface area contributed by atoms with E-state index in [4.69, 9.17) is 0 Å². The molecule has 0 amide bonds. The molecule has 0 aromatic rings. The molecule has 0 radical (unpaired) electrons. The first-order valence-corrected chi connectivity index (χ1v) is 6.13. The van der Waals surface area contributed by atoms with Crippen LogP contribution in [-0.2, 0) is 0 Å². The van der Waals surface area contributed by atoms with Crippen LogP contribution in [0.15, 0.2) is 11.7 Å². The summed E-state index contributed by atoms with van der Waals surface area (Å²) in [6.07, 6.45) is 0. The maximum Gasteiger partial charge on any atom is 0.372 e. The number of allylic oxidation sites excluding steroid dienone is 2. The molecule has 144 valence electrons. The zero-order chi connectivity index (χ0) is 19.8. The maximum absolute atomic E-state index is 14.3. The zero-order valence-electron chi connectivity index (χ0n) is 10.9. The zero-order valence-corrected chi connectivity index (χ0v) is 10.9. The summed E-state index contributed by atoms with van der Waals surface area (Å²) in [5.41, 5.74) is -12.7. The Labute approximate surface area is 127 Å². The van der Waals surface area contributed by atoms with Crippen molar-refractivity contribution in [3.63, 3.8) is 0 Å². The molecular formula is C11H2F14. The maximum atomic E-state index is 14.3. The highest BCUT2D eigenvalue weighted by atomic mass is 19.4. The summed E-state index contributed by atoms with van der Waals surface area (Å²) in [6.45, 7) is 0. The lowest BCUT2D eigenvalue weighted by atomic mass is 9.54. The van der Waals surface area contributed by atoms with Crippen LogP contribution in [0, 0.1) is 11.8 Å². The second-order valence-corrected chi connectivity index (χ2v) is 5.98. The number of halogens is 14. The number of fused-ring (bicyclic) bond motifs is 1. The summed E-state index contributed by atoms with van der Waals surface area (Å²) in [5.74, 6) is -51.6. The molecule has 2 saturated carbocycles. The molecule has 0 saturated heterocycles. The predicted octanol–water partition coefficient (Wildman–Crippen LogP) is 5.00. The van der Waals surface area contributed by atoms with Crippen molar-refractivity contribution in [3.8, 4) is 0 Å². The van der Waals surface area contributed by atoms with Crippen LogP contribution in [0.5, 0.6) is 0 Å². The number of rotatable bonds is 0. The van der Waals surface area contributed by atoms with Gasteiger partial charge in [-0.2, -0.15) is 43.9 Å². The second kappa shape index (κ2) is 3.87. The number of hydrogen-bond acceptors (Lipinski definition) is 0. The van der Waals surface area contributed by atoms with Crippen molar-refractivity contribution in [2.45, 2.75) is 41.0 Å². The predicted molar refractivity (Wildman–Crippen MR) is 48.6 cm³/mol. The van der Waals surface area contributed by atoms with Gasteiger partial charge in [-0.1, -0.05) is 0 Å². The molecule has 0 spiro atoms. The quantitative estimate of drug-likeness (QED) is 0.502. The van der Waals surface area contributed by atoms with E-state index >= 15 is 0 Å². The van der Waals surface area contributed by atoms with Crippen molar-refractivity contribution in [2.75, 3.05) is 0 Å². The molecule has 14 heteroatoms. The standard InChI is InChI=1S/C11H2F14/c12-3-4(13)6(15)2-1(5(3,14)9(20,21)10(6,22)23)7(16,17)11(24,25)8(2,18)19/h1-2H. The average molecular weight is 400 g/mol. The van der Waals surface area contributed by atoms with E-state index < -0.39 is 64.4 Å². The summed E-state index contributed by atoms with van der Waals surface area (Å²) >= 11 is 0. The Balaban J connectivity index is 2.53. The van der Waals surface area contributed by atoms with E-state index in [0.717, 1.165) is 0 Å². The number of hydrogen-bond donors (Lipinski definition) is 0. The third-order valence-corrected chi connectivity index (χ3v) is 4.95. The van der Waals surface area contributed by atoms with Gasteiger partial charge in [0, 0.05) is 0 Å². The topological polar surface area (TPSA) is 0 Å². The molecule has 2 bridgehead atoms. The Morgan fingerprint density at radius 2 is 0.680 bits per heavy atom. The Kier molecular flexibility index (Phi) is 2.87. The van der Waals surface area contributed by atoms with E-state index in [-0.39, 0.29) is 0 Å². The van der Waals surface area contributed by atoms with Crippen LogP contribution in [0.3, 0.4) is 0 Å². The van der Waals surface area contributed by atoms with Gasteiger partial charge in [0.15, 0.2) is 11.7 Å². The van der Waals surface area contributed by atoms with Crippen molar-refractivity contribution in [2.24, 2.45) is 11.8 Å². The summed E-state index contributed by atoms with van der Waals surface area (Å²) in [7, 11) is 0. The van der Waals surface area contributed by atoms with Gasteiger partial charge in [-0.05, 0) is 0 Å². The Hall–Kier alpha value is -1.24. The van der Waals surface area contributed by atoms with Gasteiger partial charge >= 0.3 is 29.6 Å². The fourth-order valence-electron chi connectivity index (χ4n) is 3.71. The lowest BCUT2D eigenvalue weighted by Gasteiger charge is -2.57. The molecule has 0 nitrogen and oxygen atoms in total. The molecule has 25 heavy (non-hydrogen) atoms. The van der Waals surface area contributed by atoms with E-state index in [1.54, 1.807) is 0 Å². The molecule has 0 aromatic heterocycles. The van der Waals surface area contributed by atoms with Gasteiger partial charge in [0.25, 0.3) is 0 Å². The molecule has 0 N–H and O–H groups in total. The third-order valence-electron chi connectivity index (χ3n) is 4.95. The lowest BCUT2D eigenvalue weighted by Crippen LogP contribution is -2.81. The van der Waals surface area contributed by atoms with Crippen LogP contribution in [0.1, 0.15) is 0 Å². The smallest absolute Gasteiger partial charge is 0.228 e. The second-order valence-electron chi connectivity index (χ2n) is 5.98. The molecule has 4 unspecified atom stereocenters. The molecule has 4 aliphatic carbocycles. The van der Waals surface area contributed by atoms with Crippen LogP contribution in [0.4, 0.5) is 61.5 Å². The van der Waals surface area contributed by atoms with Crippen LogP contribution < -0.4 is 0 Å². The van der Waals surface area contributed by atoms with Gasteiger partial charge < -0.3 is 0 Å². The summed E-state index contributed by atoms with van der Waals surface area (Å²) in [6, 6.07) is 0. The first-order valence-electron chi connectivity index (χ1n) is 6.13. The third kappa shape index (κ3) is 1.27. The normalized spacial score (nSPS) is 47.8. The monoisotopic (exact) mass is 400 g/mol. The van der Waals surface area contributed by atoms with E-state index in [1.807, 2.05) is 0 Å². The molecule has 2 fully saturated rings. The SMILES string of the molecule is FC1=C(F)C2(F)C3C(C(F)(F)C(F)(F)C3(F)F)C1(F)C(F)(F)C2(F)F. The van der Waals surface area contributed by atoms with Gasteiger partial charge in [0.2, 0.25) is 11.3 Å². The van der Waals surface area contributed by atoms with Crippen molar-refractivity contribution in [1.82, 2.24) is 0 Å². The minimum atomic E-state index is -6.87.